The van der Waals surface area contributed by atoms with Crippen molar-refractivity contribution in [2.45, 2.75) is 53.7 Å². The van der Waals surface area contributed by atoms with Crippen LogP contribution in [0.4, 0.5) is 5.69 Å². The van der Waals surface area contributed by atoms with Gasteiger partial charge in [-0.15, -0.1) is 5.75 Å². The first-order chi connectivity index (χ1) is 26.6. The Labute approximate surface area is 333 Å². The van der Waals surface area contributed by atoms with Gasteiger partial charge in [0.15, 0.2) is 5.78 Å². The topological polar surface area (TPSA) is 261 Å². The molecule has 5 aromatic rings. The fourth-order valence-electron chi connectivity index (χ4n) is 6.76. The summed E-state index contributed by atoms with van der Waals surface area (Å²) in [6.45, 7) is 1.65. The Morgan fingerprint density at radius 3 is 1.44 bits per heavy atom. The second-order valence-corrected chi connectivity index (χ2v) is 19.1. The molecule has 0 unspecified atom stereocenters. The largest absolute Gasteiger partial charge is 0.872 e. The molecule has 0 aliphatic heterocycles. The van der Waals surface area contributed by atoms with Gasteiger partial charge in [-0.1, -0.05) is 29.8 Å². The molecular formula is C39H34NO13S4-3. The second kappa shape index (κ2) is 15.7. The Morgan fingerprint density at radius 2 is 1.02 bits per heavy atom. The van der Waals surface area contributed by atoms with Crippen molar-refractivity contribution in [1.29, 1.82) is 0 Å². The number of phenolic OH excluding ortho intramolecular Hbond substituents is 3. The fourth-order valence-corrected chi connectivity index (χ4v) is 9.33. The SMILES string of the molecule is CSCCC(=O)c1ccc(S(=O)(=O)Nc2cc3c(O)c(c2)Cc2cc(S(=O)(=O)[O-])cc(c2O)Cc2cc(C)cc(c2O)Cc2cc(S(=O)(=O)[O-])cc(c2[O-])C3)cc1. The predicted octanol–water partition coefficient (Wildman–Crippen LogP) is 4.41. The molecule has 1 aliphatic rings. The first-order valence-electron chi connectivity index (χ1n) is 17.0. The van der Waals surface area contributed by atoms with Crippen LogP contribution in [0.3, 0.4) is 0 Å². The molecule has 5 aromatic carbocycles. The van der Waals surface area contributed by atoms with Crippen LogP contribution >= 0.6 is 11.8 Å². The highest BCUT2D eigenvalue weighted by molar-refractivity contribution is 7.98. The first-order valence-corrected chi connectivity index (χ1v) is 22.7. The van der Waals surface area contributed by atoms with E-state index in [2.05, 4.69) is 4.72 Å². The van der Waals surface area contributed by atoms with E-state index in [1.807, 2.05) is 6.26 Å². The number of hydrogen-bond donors (Lipinski definition) is 4. The Bertz CT molecular complexity index is 2650. The zero-order valence-corrected chi connectivity index (χ0v) is 33.5. The van der Waals surface area contributed by atoms with Crippen LogP contribution in [0.5, 0.6) is 23.0 Å². The summed E-state index contributed by atoms with van der Waals surface area (Å²) in [6.07, 6.45) is 0.287. The van der Waals surface area contributed by atoms with Crippen molar-refractivity contribution in [2.75, 3.05) is 16.7 Å². The summed E-state index contributed by atoms with van der Waals surface area (Å²) >= 11 is 1.48. The zero-order chi connectivity index (χ0) is 41.6. The van der Waals surface area contributed by atoms with Gasteiger partial charge in [-0.3, -0.25) is 9.52 Å². The number of carbonyl (C=O) groups is 1. The molecule has 0 saturated heterocycles. The molecule has 0 radical (unpaired) electrons. The highest BCUT2D eigenvalue weighted by Crippen LogP contribution is 2.40. The van der Waals surface area contributed by atoms with Crippen LogP contribution in [0.15, 0.2) is 87.5 Å². The van der Waals surface area contributed by atoms with Crippen LogP contribution in [0.1, 0.15) is 66.8 Å². The fraction of sp³-hybridized carbons (Fsp3) is 0.205. The van der Waals surface area contributed by atoms with Crippen molar-refractivity contribution in [3.05, 3.63) is 128 Å². The number of hydrogen-bond acceptors (Lipinski definition) is 14. The molecular weight excluding hydrogens is 819 g/mol. The number of thioether (sulfide) groups is 1. The third-order valence-corrected chi connectivity index (χ3v) is 13.1. The lowest BCUT2D eigenvalue weighted by Crippen LogP contribution is -2.14. The van der Waals surface area contributed by atoms with Crippen LogP contribution in [-0.2, 0) is 55.9 Å². The summed E-state index contributed by atoms with van der Waals surface area (Å²) in [5.41, 5.74) is -0.158. The quantitative estimate of drug-likeness (QED) is 0.0893. The van der Waals surface area contributed by atoms with E-state index in [1.54, 1.807) is 6.92 Å². The van der Waals surface area contributed by atoms with Crippen molar-refractivity contribution in [3.8, 4) is 23.0 Å². The average molecular weight is 853 g/mol. The van der Waals surface area contributed by atoms with Crippen LogP contribution in [0.2, 0.25) is 0 Å². The van der Waals surface area contributed by atoms with Crippen molar-refractivity contribution in [2.24, 2.45) is 0 Å². The number of benzene rings is 5. The number of ketones is 1. The smallest absolute Gasteiger partial charge is 0.261 e. The number of Topliss-reactive ketones (excluding diaryl/α,β-unsaturated/α-hetero) is 1. The summed E-state index contributed by atoms with van der Waals surface area (Å²) in [7, 11) is -14.7. The Hall–Kier alpha value is -5.11. The van der Waals surface area contributed by atoms with E-state index in [1.165, 1.54) is 60.3 Å². The van der Waals surface area contributed by atoms with Gasteiger partial charge in [0.2, 0.25) is 0 Å². The van der Waals surface area contributed by atoms with Crippen molar-refractivity contribution in [1.82, 2.24) is 0 Å². The molecule has 0 heterocycles. The van der Waals surface area contributed by atoms with Gasteiger partial charge in [0.1, 0.15) is 37.5 Å². The molecule has 1 aliphatic carbocycles. The van der Waals surface area contributed by atoms with E-state index >= 15 is 0 Å². The molecule has 4 N–H and O–H groups in total. The molecule has 300 valence electrons. The first kappa shape index (κ1) is 41.5. The lowest BCUT2D eigenvalue weighted by Gasteiger charge is -2.24. The molecule has 14 nitrogen and oxygen atoms in total. The number of carbonyl (C=O) groups excluding carboxylic acids is 1. The Morgan fingerprint density at radius 1 is 0.632 bits per heavy atom. The summed E-state index contributed by atoms with van der Waals surface area (Å²) in [6, 6.07) is 14.1. The molecule has 57 heavy (non-hydrogen) atoms. The molecule has 18 heteroatoms. The van der Waals surface area contributed by atoms with Crippen LogP contribution < -0.4 is 9.83 Å². The van der Waals surface area contributed by atoms with Crippen LogP contribution in [-0.4, -0.2) is 67.5 Å². The van der Waals surface area contributed by atoms with Crippen LogP contribution in [0, 0.1) is 6.92 Å². The third kappa shape index (κ3) is 9.06. The normalized spacial score (nSPS) is 13.3. The number of aryl methyl sites for hydroxylation is 1. The van der Waals surface area contributed by atoms with E-state index in [-0.39, 0.29) is 85.9 Å². The maximum Gasteiger partial charge on any atom is 0.261 e. The summed E-state index contributed by atoms with van der Waals surface area (Å²) in [5, 5.41) is 48.4. The van der Waals surface area contributed by atoms with E-state index in [0.29, 0.717) is 16.9 Å². The van der Waals surface area contributed by atoms with E-state index in [0.717, 1.165) is 24.3 Å². The summed E-state index contributed by atoms with van der Waals surface area (Å²) in [5.74, 6) is -1.78. The van der Waals surface area contributed by atoms with Gasteiger partial charge >= 0.3 is 0 Å². The van der Waals surface area contributed by atoms with Gasteiger partial charge in [0.25, 0.3) is 10.0 Å². The lowest BCUT2D eigenvalue weighted by atomic mass is 9.90. The van der Waals surface area contributed by atoms with Crippen molar-refractivity contribution >= 4 is 53.5 Å². The highest BCUT2D eigenvalue weighted by atomic mass is 32.2. The molecule has 0 aromatic heterocycles. The summed E-state index contributed by atoms with van der Waals surface area (Å²) in [4.78, 5) is 10.7. The van der Waals surface area contributed by atoms with Crippen LogP contribution in [0.25, 0.3) is 0 Å². The molecule has 0 spiro atoms. The standard InChI is InChI=1S/C39H37NO13S4/c1-21-9-23-11-27-17-33(56(48,49)50)19-29(38(27)44)13-25-15-31(40-55(46,47)32-5-3-22(4-6-32)35(41)7-8-54-2)16-26(37(25)43)14-30-20-34(57(51,52)53)18-28(39(30)45)12-24(10-21)36(23)42/h3-6,9-10,15-20,40,42-45H,7-8,11-14H2,1-2H3,(H,48,49,50)(H,51,52,53)/p-3. The van der Waals surface area contributed by atoms with E-state index < -0.39 is 70.1 Å². The number of nitrogens with one attached hydrogen (secondary N) is 1. The van der Waals surface area contributed by atoms with Gasteiger partial charge in [0.05, 0.1) is 14.7 Å². The lowest BCUT2D eigenvalue weighted by molar-refractivity contribution is -0.270. The second-order valence-electron chi connectivity index (χ2n) is 13.6. The van der Waals surface area contributed by atoms with Gasteiger partial charge in [0, 0.05) is 60.2 Å². The third-order valence-electron chi connectivity index (χ3n) is 9.51. The monoisotopic (exact) mass is 852 g/mol. The molecule has 8 bridgehead atoms. The highest BCUT2D eigenvalue weighted by Gasteiger charge is 2.23. The number of rotatable bonds is 9. The number of sulfonamides is 1. The molecule has 0 saturated carbocycles. The Balaban J connectivity index is 1.56. The van der Waals surface area contributed by atoms with E-state index in [4.69, 9.17) is 0 Å². The van der Waals surface area contributed by atoms with Gasteiger partial charge in [-0.2, -0.15) is 11.8 Å². The maximum atomic E-state index is 14.0. The minimum absolute atomic E-state index is 0.112. The van der Waals surface area contributed by atoms with Crippen molar-refractivity contribution in [3.63, 3.8) is 0 Å². The minimum atomic E-state index is -5.16. The van der Waals surface area contributed by atoms with Crippen molar-refractivity contribution < 1.29 is 59.6 Å². The molecule has 6 rings (SSSR count). The predicted molar refractivity (Wildman–Crippen MR) is 207 cm³/mol. The van der Waals surface area contributed by atoms with Gasteiger partial charge < -0.3 is 29.5 Å². The van der Waals surface area contributed by atoms with E-state index in [9.17, 15) is 59.6 Å². The molecule has 0 fully saturated rings. The maximum absolute atomic E-state index is 14.0. The number of phenols is 3. The Kier molecular flexibility index (Phi) is 11.4. The number of anilines is 1. The minimum Gasteiger partial charge on any atom is -0.872 e. The summed E-state index contributed by atoms with van der Waals surface area (Å²) < 4.78 is 104. The van der Waals surface area contributed by atoms with Gasteiger partial charge in [-0.25, -0.2) is 25.3 Å². The van der Waals surface area contributed by atoms with Gasteiger partial charge in [-0.05, 0) is 95.1 Å². The number of aromatic hydroxyl groups is 3. The molecule has 0 amide bonds. The average Bonchev–Trinajstić information content (AvgIpc) is 3.12. The zero-order valence-electron chi connectivity index (χ0n) is 30.2. The molecule has 0 atom stereocenters. The number of fused-ring (bicyclic) bond motifs is 8.